The van der Waals surface area contributed by atoms with Crippen molar-refractivity contribution in [1.29, 1.82) is 0 Å². The molecule has 1 aliphatic rings. The van der Waals surface area contributed by atoms with E-state index in [1.54, 1.807) is 18.0 Å². The summed E-state index contributed by atoms with van der Waals surface area (Å²) in [4.78, 5) is 26.0. The zero-order chi connectivity index (χ0) is 17.8. The van der Waals surface area contributed by atoms with Gasteiger partial charge in [-0.3, -0.25) is 4.79 Å². The van der Waals surface area contributed by atoms with E-state index in [9.17, 15) is 14.0 Å². The second-order valence-corrected chi connectivity index (χ2v) is 6.17. The maximum atomic E-state index is 13.6. The third kappa shape index (κ3) is 3.71. The minimum absolute atomic E-state index is 0.0235. The Balaban J connectivity index is 1.64. The molecule has 0 bridgehead atoms. The van der Waals surface area contributed by atoms with Crippen molar-refractivity contribution in [3.63, 3.8) is 0 Å². The van der Waals surface area contributed by atoms with Crippen LogP contribution in [0, 0.1) is 5.82 Å². The van der Waals surface area contributed by atoms with Gasteiger partial charge in [0.25, 0.3) is 5.91 Å². The molecule has 0 saturated heterocycles. The average molecular weight is 341 g/mol. The molecule has 2 aromatic rings. The summed E-state index contributed by atoms with van der Waals surface area (Å²) in [5.41, 5.74) is 2.23. The summed E-state index contributed by atoms with van der Waals surface area (Å²) in [6, 6.07) is 13.6. The SMILES string of the molecule is CN(C(=O)COC(=O)c1ccccc1F)[C@@H]1CCCc2ccccc21. The Labute approximate surface area is 146 Å². The number of nitrogens with zero attached hydrogens (tertiary/aromatic N) is 1. The Morgan fingerprint density at radius 2 is 1.88 bits per heavy atom. The maximum absolute atomic E-state index is 13.6. The minimum atomic E-state index is -0.830. The van der Waals surface area contributed by atoms with Gasteiger partial charge in [-0.05, 0) is 42.5 Å². The number of carbonyl (C=O) groups excluding carboxylic acids is 2. The van der Waals surface area contributed by atoms with E-state index in [4.69, 9.17) is 4.74 Å². The standard InChI is InChI=1S/C20H20FNO3/c1-22(18-12-6-8-14-7-2-3-9-15(14)18)19(23)13-25-20(24)16-10-4-5-11-17(16)21/h2-5,7,9-11,18H,6,8,12-13H2,1H3/t18-/m1/s1. The normalized spacial score (nSPS) is 16.0. The molecule has 1 aliphatic carbocycles. The molecule has 3 rings (SSSR count). The molecule has 0 spiro atoms. The van der Waals surface area contributed by atoms with Crippen LogP contribution < -0.4 is 0 Å². The van der Waals surface area contributed by atoms with Gasteiger partial charge in [-0.1, -0.05) is 36.4 Å². The molecule has 5 heteroatoms. The first-order valence-electron chi connectivity index (χ1n) is 8.33. The van der Waals surface area contributed by atoms with Crippen molar-refractivity contribution in [3.05, 3.63) is 71.0 Å². The highest BCUT2D eigenvalue weighted by molar-refractivity contribution is 5.91. The topological polar surface area (TPSA) is 46.6 Å². The fraction of sp³-hybridized carbons (Fsp3) is 0.300. The smallest absolute Gasteiger partial charge is 0.341 e. The quantitative estimate of drug-likeness (QED) is 0.800. The van der Waals surface area contributed by atoms with E-state index < -0.39 is 18.4 Å². The van der Waals surface area contributed by atoms with E-state index in [0.717, 1.165) is 24.8 Å². The van der Waals surface area contributed by atoms with E-state index in [-0.39, 0.29) is 17.5 Å². The minimum Gasteiger partial charge on any atom is -0.452 e. The highest BCUT2D eigenvalue weighted by Crippen LogP contribution is 2.33. The van der Waals surface area contributed by atoms with Gasteiger partial charge in [-0.15, -0.1) is 0 Å². The molecule has 1 atom stereocenters. The van der Waals surface area contributed by atoms with Gasteiger partial charge in [0.05, 0.1) is 11.6 Å². The van der Waals surface area contributed by atoms with Crippen LogP contribution in [0.5, 0.6) is 0 Å². The summed E-state index contributed by atoms with van der Waals surface area (Å²) >= 11 is 0. The van der Waals surface area contributed by atoms with Crippen molar-refractivity contribution in [2.75, 3.05) is 13.7 Å². The number of halogens is 1. The number of hydrogen-bond acceptors (Lipinski definition) is 3. The molecule has 0 unspecified atom stereocenters. The van der Waals surface area contributed by atoms with E-state index in [2.05, 4.69) is 6.07 Å². The molecule has 1 amide bonds. The third-order valence-electron chi connectivity index (χ3n) is 4.62. The summed E-state index contributed by atoms with van der Waals surface area (Å²) in [6.07, 6.45) is 2.89. The number of ether oxygens (including phenoxy) is 1. The predicted octanol–water partition coefficient (Wildman–Crippen LogP) is 3.52. The van der Waals surface area contributed by atoms with Crippen LogP contribution >= 0.6 is 0 Å². The van der Waals surface area contributed by atoms with E-state index in [0.29, 0.717) is 0 Å². The average Bonchev–Trinajstić information content (AvgIpc) is 2.65. The van der Waals surface area contributed by atoms with Crippen LogP contribution in [0.4, 0.5) is 4.39 Å². The molecule has 130 valence electrons. The van der Waals surface area contributed by atoms with Gasteiger partial charge in [-0.2, -0.15) is 0 Å². The molecule has 0 saturated carbocycles. The molecule has 4 nitrogen and oxygen atoms in total. The molecule has 0 aliphatic heterocycles. The number of rotatable bonds is 4. The van der Waals surface area contributed by atoms with Gasteiger partial charge in [0.2, 0.25) is 0 Å². The zero-order valence-electron chi connectivity index (χ0n) is 14.1. The fourth-order valence-electron chi connectivity index (χ4n) is 3.24. The van der Waals surface area contributed by atoms with Gasteiger partial charge in [-0.25, -0.2) is 9.18 Å². The lowest BCUT2D eigenvalue weighted by atomic mass is 9.87. The predicted molar refractivity (Wildman–Crippen MR) is 91.6 cm³/mol. The second kappa shape index (κ2) is 7.47. The van der Waals surface area contributed by atoms with Crippen molar-refractivity contribution >= 4 is 11.9 Å². The van der Waals surface area contributed by atoms with Crippen molar-refractivity contribution < 1.29 is 18.7 Å². The third-order valence-corrected chi connectivity index (χ3v) is 4.62. The van der Waals surface area contributed by atoms with Crippen LogP contribution in [0.2, 0.25) is 0 Å². The molecular formula is C20H20FNO3. The van der Waals surface area contributed by atoms with Gasteiger partial charge in [0.1, 0.15) is 5.82 Å². The summed E-state index contributed by atoms with van der Waals surface area (Å²) in [5, 5.41) is 0. The monoisotopic (exact) mass is 341 g/mol. The van der Waals surface area contributed by atoms with E-state index >= 15 is 0 Å². The van der Waals surface area contributed by atoms with Crippen LogP contribution in [-0.4, -0.2) is 30.4 Å². The summed E-state index contributed by atoms with van der Waals surface area (Å²) < 4.78 is 18.6. The van der Waals surface area contributed by atoms with Crippen molar-refractivity contribution in [1.82, 2.24) is 4.90 Å². The molecule has 25 heavy (non-hydrogen) atoms. The number of aryl methyl sites for hydroxylation is 1. The van der Waals surface area contributed by atoms with Crippen molar-refractivity contribution in [2.24, 2.45) is 0 Å². The maximum Gasteiger partial charge on any atom is 0.341 e. The number of fused-ring (bicyclic) bond motifs is 1. The summed E-state index contributed by atoms with van der Waals surface area (Å²) in [7, 11) is 1.71. The Bertz CT molecular complexity index is 790. The number of benzene rings is 2. The highest BCUT2D eigenvalue weighted by atomic mass is 19.1. The van der Waals surface area contributed by atoms with E-state index in [1.807, 2.05) is 18.2 Å². The van der Waals surface area contributed by atoms with Crippen molar-refractivity contribution in [2.45, 2.75) is 25.3 Å². The number of esters is 1. The lowest BCUT2D eigenvalue weighted by Gasteiger charge is -2.33. The fourth-order valence-corrected chi connectivity index (χ4v) is 3.24. The van der Waals surface area contributed by atoms with Gasteiger partial charge in [0.15, 0.2) is 6.61 Å². The molecule has 0 fully saturated rings. The Morgan fingerprint density at radius 3 is 2.68 bits per heavy atom. The van der Waals surface area contributed by atoms with Gasteiger partial charge in [0, 0.05) is 7.05 Å². The Hall–Kier alpha value is -2.69. The Morgan fingerprint density at radius 1 is 1.16 bits per heavy atom. The first-order valence-corrected chi connectivity index (χ1v) is 8.33. The molecule has 0 radical (unpaired) electrons. The van der Waals surface area contributed by atoms with Gasteiger partial charge < -0.3 is 9.64 Å². The first-order chi connectivity index (χ1) is 12.1. The lowest BCUT2D eigenvalue weighted by Crippen LogP contribution is -2.36. The molecule has 0 N–H and O–H groups in total. The molecule has 0 aromatic heterocycles. The van der Waals surface area contributed by atoms with Crippen LogP contribution in [0.15, 0.2) is 48.5 Å². The lowest BCUT2D eigenvalue weighted by molar-refractivity contribution is -0.135. The number of amides is 1. The van der Waals surface area contributed by atoms with Crippen LogP contribution in [0.3, 0.4) is 0 Å². The van der Waals surface area contributed by atoms with Crippen LogP contribution in [-0.2, 0) is 16.0 Å². The zero-order valence-corrected chi connectivity index (χ0v) is 14.1. The van der Waals surface area contributed by atoms with Crippen LogP contribution in [0.25, 0.3) is 0 Å². The van der Waals surface area contributed by atoms with Crippen LogP contribution in [0.1, 0.15) is 40.4 Å². The number of hydrogen-bond donors (Lipinski definition) is 0. The van der Waals surface area contributed by atoms with Gasteiger partial charge >= 0.3 is 5.97 Å². The highest BCUT2D eigenvalue weighted by Gasteiger charge is 2.27. The summed E-state index contributed by atoms with van der Waals surface area (Å²) in [6.45, 7) is -0.400. The Kier molecular flexibility index (Phi) is 5.12. The van der Waals surface area contributed by atoms with Crippen molar-refractivity contribution in [3.8, 4) is 0 Å². The first kappa shape index (κ1) is 17.1. The second-order valence-electron chi connectivity index (χ2n) is 6.17. The molecule has 2 aromatic carbocycles. The number of likely N-dealkylation sites (N-methyl/N-ethyl adjacent to an activating group) is 1. The number of carbonyl (C=O) groups is 2. The largest absolute Gasteiger partial charge is 0.452 e. The summed E-state index contributed by atoms with van der Waals surface area (Å²) in [5.74, 6) is -1.79. The molecular weight excluding hydrogens is 321 g/mol. The molecule has 0 heterocycles. The van der Waals surface area contributed by atoms with E-state index in [1.165, 1.54) is 23.8 Å².